The molecular formula is C22H19F5N4O3S. The molecule has 13 heteroatoms. The van der Waals surface area contributed by atoms with Crippen LogP contribution in [0.15, 0.2) is 46.3 Å². The molecule has 0 amide bonds. The standard InChI is InChI=1S/C22H19F5N4O3S/c1-4-35(33,34)16-8-13(21(2,3)11-28)9-30-18(16)14-7-12-5-6-17(32)31(15(12)10-29-14)20(25)22(26,27)19(23)24/h5-10,19-20H,4H2,1-3H3. The minimum Gasteiger partial charge on any atom is -0.270 e. The molecule has 0 spiro atoms. The van der Waals surface area contributed by atoms with Crippen LogP contribution in [0.4, 0.5) is 22.0 Å². The van der Waals surface area contributed by atoms with E-state index in [1.807, 2.05) is 6.07 Å². The molecule has 1 unspecified atom stereocenters. The summed E-state index contributed by atoms with van der Waals surface area (Å²) in [5.41, 5.74) is -2.74. The zero-order valence-corrected chi connectivity index (χ0v) is 19.5. The summed E-state index contributed by atoms with van der Waals surface area (Å²) in [4.78, 5) is 20.0. The molecule has 0 saturated carbocycles. The van der Waals surface area contributed by atoms with Crippen molar-refractivity contribution >= 4 is 20.7 Å². The number of aromatic nitrogens is 3. The van der Waals surface area contributed by atoms with E-state index in [9.17, 15) is 40.4 Å². The number of rotatable bonds is 7. The summed E-state index contributed by atoms with van der Waals surface area (Å²) >= 11 is 0. The Morgan fingerprint density at radius 2 is 1.77 bits per heavy atom. The molecule has 0 aromatic carbocycles. The number of halogens is 5. The Morgan fingerprint density at radius 3 is 2.34 bits per heavy atom. The van der Waals surface area contributed by atoms with Gasteiger partial charge < -0.3 is 0 Å². The van der Waals surface area contributed by atoms with Crippen molar-refractivity contribution in [2.75, 3.05) is 5.75 Å². The molecule has 0 radical (unpaired) electrons. The maximum absolute atomic E-state index is 14.4. The number of nitriles is 1. The highest BCUT2D eigenvalue weighted by Gasteiger charge is 2.51. The summed E-state index contributed by atoms with van der Waals surface area (Å²) in [6, 6.07) is 6.36. The number of pyridine rings is 3. The zero-order valence-electron chi connectivity index (χ0n) is 18.6. The minimum absolute atomic E-state index is 0.0506. The van der Waals surface area contributed by atoms with Crippen LogP contribution in [0.25, 0.3) is 22.3 Å². The molecule has 0 N–H and O–H groups in total. The number of sulfone groups is 1. The molecule has 3 aromatic rings. The number of alkyl halides is 5. The number of fused-ring (bicyclic) bond motifs is 1. The van der Waals surface area contributed by atoms with Crippen molar-refractivity contribution in [2.24, 2.45) is 0 Å². The maximum Gasteiger partial charge on any atom is 0.356 e. The van der Waals surface area contributed by atoms with Gasteiger partial charge in [0, 0.05) is 17.6 Å². The number of nitrogens with zero attached hydrogens (tertiary/aromatic N) is 4. The van der Waals surface area contributed by atoms with Crippen LogP contribution in [0.1, 0.15) is 32.6 Å². The van der Waals surface area contributed by atoms with E-state index in [0.29, 0.717) is 5.56 Å². The predicted octanol–water partition coefficient (Wildman–Crippen LogP) is 4.42. The normalized spacial score (nSPS) is 13.7. The summed E-state index contributed by atoms with van der Waals surface area (Å²) in [5.74, 6) is -5.46. The second kappa shape index (κ2) is 8.99. The van der Waals surface area contributed by atoms with Crippen LogP contribution in [-0.2, 0) is 15.3 Å². The molecule has 0 fully saturated rings. The van der Waals surface area contributed by atoms with Crippen LogP contribution in [0, 0.1) is 11.3 Å². The van der Waals surface area contributed by atoms with E-state index < -0.39 is 45.0 Å². The minimum atomic E-state index is -5.15. The Balaban J connectivity index is 2.27. The van der Waals surface area contributed by atoms with Gasteiger partial charge in [-0.3, -0.25) is 19.3 Å². The van der Waals surface area contributed by atoms with E-state index in [-0.39, 0.29) is 32.0 Å². The Bertz CT molecular complexity index is 1500. The van der Waals surface area contributed by atoms with Crippen LogP contribution in [0.2, 0.25) is 0 Å². The molecule has 7 nitrogen and oxygen atoms in total. The highest BCUT2D eigenvalue weighted by molar-refractivity contribution is 7.91. The van der Waals surface area contributed by atoms with Gasteiger partial charge >= 0.3 is 12.3 Å². The molecule has 3 heterocycles. The van der Waals surface area contributed by atoms with Crippen LogP contribution < -0.4 is 5.56 Å². The lowest BCUT2D eigenvalue weighted by molar-refractivity contribution is -0.191. The van der Waals surface area contributed by atoms with Crippen molar-refractivity contribution in [1.29, 1.82) is 5.26 Å². The first-order valence-corrected chi connectivity index (χ1v) is 11.8. The first-order valence-electron chi connectivity index (χ1n) is 10.1. The molecule has 0 aliphatic heterocycles. The third-order valence-electron chi connectivity index (χ3n) is 5.46. The van der Waals surface area contributed by atoms with Gasteiger partial charge in [-0.1, -0.05) is 6.92 Å². The molecule has 3 rings (SSSR count). The summed E-state index contributed by atoms with van der Waals surface area (Å²) in [7, 11) is -3.89. The van der Waals surface area contributed by atoms with E-state index in [2.05, 4.69) is 9.97 Å². The highest BCUT2D eigenvalue weighted by atomic mass is 32.2. The molecule has 186 valence electrons. The van der Waals surface area contributed by atoms with Crippen molar-refractivity contribution in [2.45, 2.75) is 49.7 Å². The van der Waals surface area contributed by atoms with Gasteiger partial charge in [0.25, 0.3) is 5.56 Å². The van der Waals surface area contributed by atoms with E-state index in [4.69, 9.17) is 0 Å². The van der Waals surface area contributed by atoms with Crippen molar-refractivity contribution < 1.29 is 30.4 Å². The molecule has 0 bridgehead atoms. The van der Waals surface area contributed by atoms with Gasteiger partial charge in [-0.25, -0.2) is 21.6 Å². The fourth-order valence-electron chi connectivity index (χ4n) is 3.23. The fraction of sp³-hybridized carbons (Fsp3) is 0.364. The lowest BCUT2D eigenvalue weighted by Gasteiger charge is -2.23. The quantitative estimate of drug-likeness (QED) is 0.432. The first-order chi connectivity index (χ1) is 16.2. The summed E-state index contributed by atoms with van der Waals surface area (Å²) in [5, 5.41) is 9.34. The summed E-state index contributed by atoms with van der Waals surface area (Å²) < 4.78 is 92.6. The third-order valence-corrected chi connectivity index (χ3v) is 7.20. The molecule has 3 aromatic heterocycles. The van der Waals surface area contributed by atoms with Crippen LogP contribution >= 0.6 is 0 Å². The number of hydrogen-bond donors (Lipinski definition) is 0. The third kappa shape index (κ3) is 4.62. The van der Waals surface area contributed by atoms with Gasteiger partial charge in [0.15, 0.2) is 9.84 Å². The average molecular weight is 514 g/mol. The fourth-order valence-corrected chi connectivity index (χ4v) is 4.30. The van der Waals surface area contributed by atoms with E-state index in [1.54, 1.807) is 13.8 Å². The van der Waals surface area contributed by atoms with E-state index >= 15 is 0 Å². The second-order valence-corrected chi connectivity index (χ2v) is 10.4. The van der Waals surface area contributed by atoms with Crippen LogP contribution in [0.5, 0.6) is 0 Å². The van der Waals surface area contributed by atoms with Gasteiger partial charge in [-0.05, 0) is 37.6 Å². The summed E-state index contributed by atoms with van der Waals surface area (Å²) in [6.45, 7) is 4.54. The lowest BCUT2D eigenvalue weighted by Crippen LogP contribution is -2.39. The monoisotopic (exact) mass is 514 g/mol. The van der Waals surface area contributed by atoms with Crippen molar-refractivity contribution in [1.82, 2.24) is 14.5 Å². The van der Waals surface area contributed by atoms with Crippen molar-refractivity contribution in [3.05, 3.63) is 52.6 Å². The highest BCUT2D eigenvalue weighted by Crippen LogP contribution is 2.37. The van der Waals surface area contributed by atoms with Gasteiger partial charge in [0.2, 0.25) is 6.30 Å². The van der Waals surface area contributed by atoms with Crippen LogP contribution in [-0.4, -0.2) is 41.1 Å². The SMILES string of the molecule is CCS(=O)(=O)c1cc(C(C)(C)C#N)cnc1-c1cc2ccc(=O)n(C(F)C(F)(F)C(F)F)c2cn1. The molecule has 35 heavy (non-hydrogen) atoms. The smallest absolute Gasteiger partial charge is 0.270 e. The Hall–Kier alpha value is -3.40. The van der Waals surface area contributed by atoms with Gasteiger partial charge in [0.05, 0.1) is 39.5 Å². The largest absolute Gasteiger partial charge is 0.356 e. The molecule has 0 saturated heterocycles. The second-order valence-electron chi connectivity index (χ2n) is 8.19. The lowest BCUT2D eigenvalue weighted by atomic mass is 9.87. The number of hydrogen-bond acceptors (Lipinski definition) is 6. The molecule has 0 aliphatic carbocycles. The average Bonchev–Trinajstić information content (AvgIpc) is 2.82. The van der Waals surface area contributed by atoms with E-state index in [1.165, 1.54) is 25.3 Å². The first kappa shape index (κ1) is 26.2. The van der Waals surface area contributed by atoms with Crippen molar-refractivity contribution in [3.63, 3.8) is 0 Å². The Morgan fingerprint density at radius 1 is 1.11 bits per heavy atom. The van der Waals surface area contributed by atoms with Gasteiger partial charge in [0.1, 0.15) is 5.69 Å². The zero-order chi connectivity index (χ0) is 26.3. The molecular weight excluding hydrogens is 495 g/mol. The van der Waals surface area contributed by atoms with Crippen molar-refractivity contribution in [3.8, 4) is 17.5 Å². The predicted molar refractivity (Wildman–Crippen MR) is 117 cm³/mol. The summed E-state index contributed by atoms with van der Waals surface area (Å²) in [6.07, 6.45) is -5.94. The van der Waals surface area contributed by atoms with E-state index in [0.717, 1.165) is 18.3 Å². The molecule has 0 aliphatic rings. The molecule has 1 atom stereocenters. The van der Waals surface area contributed by atoms with Gasteiger partial charge in [-0.2, -0.15) is 14.0 Å². The Kier molecular flexibility index (Phi) is 6.73. The van der Waals surface area contributed by atoms with Gasteiger partial charge in [-0.15, -0.1) is 0 Å². The Labute approximate surface area is 196 Å². The van der Waals surface area contributed by atoms with Crippen LogP contribution in [0.3, 0.4) is 0 Å². The maximum atomic E-state index is 14.4. The topological polar surface area (TPSA) is 106 Å².